The van der Waals surface area contributed by atoms with E-state index in [1.54, 1.807) is 4.68 Å². The summed E-state index contributed by atoms with van der Waals surface area (Å²) in [6, 6.07) is 1.98. The van der Waals surface area contributed by atoms with E-state index in [4.69, 9.17) is 9.72 Å². The highest BCUT2D eigenvalue weighted by molar-refractivity contribution is 6.06. The molecule has 0 bridgehead atoms. The van der Waals surface area contributed by atoms with Gasteiger partial charge in [0.25, 0.3) is 5.91 Å². The lowest BCUT2D eigenvalue weighted by Crippen LogP contribution is -2.50. The second-order valence-electron chi connectivity index (χ2n) is 8.20. The van der Waals surface area contributed by atoms with Crippen LogP contribution in [-0.4, -0.2) is 63.6 Å². The van der Waals surface area contributed by atoms with Crippen LogP contribution in [0.2, 0.25) is 0 Å². The number of aliphatic hydroxyl groups excluding tert-OH is 1. The van der Waals surface area contributed by atoms with E-state index in [-0.39, 0.29) is 23.8 Å². The van der Waals surface area contributed by atoms with E-state index in [2.05, 4.69) is 5.10 Å². The molecule has 1 saturated carbocycles. The van der Waals surface area contributed by atoms with Gasteiger partial charge in [0.05, 0.1) is 29.9 Å². The fraction of sp³-hybridized carbons (Fsp3) is 0.632. The summed E-state index contributed by atoms with van der Waals surface area (Å²) in [5.41, 5.74) is 3.26. The summed E-state index contributed by atoms with van der Waals surface area (Å²) in [4.78, 5) is 20.1. The van der Waals surface area contributed by atoms with Crippen LogP contribution in [0.1, 0.15) is 40.5 Å². The summed E-state index contributed by atoms with van der Waals surface area (Å²) in [5.74, 6) is 0.587. The highest BCUT2D eigenvalue weighted by Gasteiger charge is 2.52. The predicted molar refractivity (Wildman–Crippen MR) is 95.0 cm³/mol. The molecule has 1 amide bonds. The smallest absolute Gasteiger partial charge is 0.254 e. The Hall–Kier alpha value is -1.99. The SMILES string of the molecule is Cc1nn(C)c2nc(C3CC3)cc(C(=O)N3CC(CO)C4(COC4)C3)c12. The van der Waals surface area contributed by atoms with Crippen LogP contribution in [0.5, 0.6) is 0 Å². The average molecular weight is 356 g/mol. The maximum Gasteiger partial charge on any atom is 0.254 e. The molecule has 3 aliphatic rings. The first-order valence-corrected chi connectivity index (χ1v) is 9.34. The van der Waals surface area contributed by atoms with Crippen LogP contribution >= 0.6 is 0 Å². The summed E-state index contributed by atoms with van der Waals surface area (Å²) in [7, 11) is 1.88. The molecule has 3 fully saturated rings. The number of carbonyl (C=O) groups excluding carboxylic acids is 1. The van der Waals surface area contributed by atoms with Gasteiger partial charge >= 0.3 is 0 Å². The lowest BCUT2D eigenvalue weighted by atomic mass is 9.77. The largest absolute Gasteiger partial charge is 0.396 e. The number of rotatable bonds is 3. The maximum atomic E-state index is 13.4. The lowest BCUT2D eigenvalue weighted by Gasteiger charge is -2.41. The van der Waals surface area contributed by atoms with Gasteiger partial charge in [0.2, 0.25) is 0 Å². The summed E-state index contributed by atoms with van der Waals surface area (Å²) < 4.78 is 7.18. The van der Waals surface area contributed by atoms with Crippen molar-refractivity contribution in [1.29, 1.82) is 0 Å². The lowest BCUT2D eigenvalue weighted by molar-refractivity contribution is -0.133. The molecule has 4 heterocycles. The molecule has 138 valence electrons. The van der Waals surface area contributed by atoms with Gasteiger partial charge < -0.3 is 14.7 Å². The first-order chi connectivity index (χ1) is 12.5. The first-order valence-electron chi connectivity index (χ1n) is 9.34. The minimum absolute atomic E-state index is 0.0256. The molecule has 1 atom stereocenters. The number of fused-ring (bicyclic) bond motifs is 1. The van der Waals surface area contributed by atoms with Crippen molar-refractivity contribution in [3.63, 3.8) is 0 Å². The van der Waals surface area contributed by atoms with Gasteiger partial charge in [0, 0.05) is 49.7 Å². The molecule has 1 unspecified atom stereocenters. The normalized spacial score (nSPS) is 24.4. The molecular weight excluding hydrogens is 332 g/mol. The Morgan fingerprint density at radius 2 is 2.19 bits per heavy atom. The van der Waals surface area contributed by atoms with Gasteiger partial charge in [-0.05, 0) is 25.8 Å². The Balaban J connectivity index is 1.57. The van der Waals surface area contributed by atoms with Crippen LogP contribution in [0.4, 0.5) is 0 Å². The van der Waals surface area contributed by atoms with Crippen molar-refractivity contribution < 1.29 is 14.6 Å². The van der Waals surface area contributed by atoms with Crippen LogP contribution in [0, 0.1) is 18.3 Å². The molecular formula is C19H24N4O3. The number of pyridine rings is 1. The Morgan fingerprint density at radius 3 is 2.77 bits per heavy atom. The number of amides is 1. The zero-order chi connectivity index (χ0) is 18.1. The summed E-state index contributed by atoms with van der Waals surface area (Å²) >= 11 is 0. The van der Waals surface area contributed by atoms with Gasteiger partial charge in [-0.2, -0.15) is 5.10 Å². The molecule has 1 N–H and O–H groups in total. The molecule has 2 aliphatic heterocycles. The van der Waals surface area contributed by atoms with Crippen molar-refractivity contribution in [3.8, 4) is 0 Å². The van der Waals surface area contributed by atoms with Crippen molar-refractivity contribution in [2.24, 2.45) is 18.4 Å². The van der Waals surface area contributed by atoms with Crippen LogP contribution in [0.15, 0.2) is 6.07 Å². The average Bonchev–Trinajstić information content (AvgIpc) is 3.31. The quantitative estimate of drug-likeness (QED) is 0.895. The van der Waals surface area contributed by atoms with Gasteiger partial charge in [0.15, 0.2) is 5.65 Å². The predicted octanol–water partition coefficient (Wildman–Crippen LogP) is 1.24. The molecule has 0 radical (unpaired) electrons. The van der Waals surface area contributed by atoms with Crippen LogP contribution in [0.3, 0.4) is 0 Å². The highest BCUT2D eigenvalue weighted by Crippen LogP contribution is 2.44. The maximum absolute atomic E-state index is 13.4. The third kappa shape index (κ3) is 2.23. The molecule has 1 aliphatic carbocycles. The number of hydrogen-bond acceptors (Lipinski definition) is 5. The minimum atomic E-state index is -0.0696. The van der Waals surface area contributed by atoms with E-state index in [1.165, 1.54) is 0 Å². The van der Waals surface area contributed by atoms with Crippen LogP contribution < -0.4 is 0 Å². The zero-order valence-electron chi connectivity index (χ0n) is 15.2. The summed E-state index contributed by atoms with van der Waals surface area (Å²) in [5, 5.41) is 15.1. The standard InChI is InChI=1S/C19H24N4O3/c1-11-16-14(5-15(12-3-4-12)20-17(16)22(2)21-11)18(25)23-6-13(7-24)19(8-23)9-26-10-19/h5,12-13,24H,3-4,6-10H2,1-2H3. The van der Waals surface area contributed by atoms with Crippen LogP contribution in [-0.2, 0) is 11.8 Å². The van der Waals surface area contributed by atoms with Crippen molar-refractivity contribution in [2.45, 2.75) is 25.7 Å². The number of aliphatic hydroxyl groups is 1. The van der Waals surface area contributed by atoms with Gasteiger partial charge in [0.1, 0.15) is 0 Å². The topological polar surface area (TPSA) is 80.5 Å². The Bertz CT molecular complexity index is 898. The number of aryl methyl sites for hydroxylation is 2. The molecule has 2 saturated heterocycles. The zero-order valence-corrected chi connectivity index (χ0v) is 15.2. The number of aromatic nitrogens is 3. The van der Waals surface area contributed by atoms with Gasteiger partial charge in [-0.3, -0.25) is 9.48 Å². The van der Waals surface area contributed by atoms with E-state index in [0.717, 1.165) is 35.3 Å². The molecule has 1 spiro atoms. The van der Waals surface area contributed by atoms with Gasteiger partial charge in [-0.15, -0.1) is 0 Å². The highest BCUT2D eigenvalue weighted by atomic mass is 16.5. The molecule has 0 aromatic carbocycles. The van der Waals surface area contributed by atoms with Gasteiger partial charge in [-0.25, -0.2) is 4.98 Å². The second kappa shape index (κ2) is 5.50. The Morgan fingerprint density at radius 1 is 1.42 bits per heavy atom. The van der Waals surface area contributed by atoms with Gasteiger partial charge in [-0.1, -0.05) is 0 Å². The van der Waals surface area contributed by atoms with E-state index in [9.17, 15) is 9.90 Å². The first kappa shape index (κ1) is 16.2. The molecule has 7 nitrogen and oxygen atoms in total. The third-order valence-corrected chi connectivity index (χ3v) is 6.31. The number of likely N-dealkylation sites (tertiary alicyclic amines) is 1. The fourth-order valence-corrected chi connectivity index (χ4v) is 4.52. The van der Waals surface area contributed by atoms with Crippen molar-refractivity contribution in [3.05, 3.63) is 23.0 Å². The van der Waals surface area contributed by atoms with Crippen molar-refractivity contribution in [2.75, 3.05) is 32.9 Å². The summed E-state index contributed by atoms with van der Waals surface area (Å²) in [6.07, 6.45) is 2.28. The molecule has 2 aromatic heterocycles. The van der Waals surface area contributed by atoms with Crippen molar-refractivity contribution in [1.82, 2.24) is 19.7 Å². The second-order valence-corrected chi connectivity index (χ2v) is 8.20. The molecule has 5 rings (SSSR count). The fourth-order valence-electron chi connectivity index (χ4n) is 4.52. The van der Waals surface area contributed by atoms with E-state index < -0.39 is 0 Å². The molecule has 2 aromatic rings. The minimum Gasteiger partial charge on any atom is -0.396 e. The number of nitrogens with zero attached hydrogens (tertiary/aromatic N) is 4. The van der Waals surface area contributed by atoms with E-state index in [0.29, 0.717) is 37.8 Å². The monoisotopic (exact) mass is 356 g/mol. The molecule has 7 heteroatoms. The van der Waals surface area contributed by atoms with E-state index >= 15 is 0 Å². The number of ether oxygens (including phenoxy) is 1. The Labute approximate surface area is 151 Å². The van der Waals surface area contributed by atoms with E-state index in [1.807, 2.05) is 24.9 Å². The Kier molecular flexibility index (Phi) is 3.43. The van der Waals surface area contributed by atoms with Crippen LogP contribution in [0.25, 0.3) is 11.0 Å². The molecule has 26 heavy (non-hydrogen) atoms. The van der Waals surface area contributed by atoms with Crippen molar-refractivity contribution >= 4 is 16.9 Å². The number of hydrogen-bond donors (Lipinski definition) is 1. The summed E-state index contributed by atoms with van der Waals surface area (Å²) in [6.45, 7) is 4.52. The number of carbonyl (C=O) groups is 1. The third-order valence-electron chi connectivity index (χ3n) is 6.31.